The second-order valence-corrected chi connectivity index (χ2v) is 4.61. The van der Waals surface area contributed by atoms with Crippen molar-refractivity contribution >= 4 is 29.0 Å². The minimum absolute atomic E-state index is 0.101. The van der Waals surface area contributed by atoms with Crippen molar-refractivity contribution in [3.05, 3.63) is 69.2 Å². The summed E-state index contributed by atoms with van der Waals surface area (Å²) in [5.74, 6) is -0.101. The number of rotatable bonds is 2. The number of halogens is 2. The van der Waals surface area contributed by atoms with Crippen molar-refractivity contribution in [3.63, 3.8) is 0 Å². The Morgan fingerprint density at radius 2 is 1.71 bits per heavy atom. The molecule has 0 radical (unpaired) electrons. The van der Waals surface area contributed by atoms with Gasteiger partial charge in [0.2, 0.25) is 0 Å². The maximum Gasteiger partial charge on any atom is 0.194 e. The van der Waals surface area contributed by atoms with Crippen molar-refractivity contribution in [1.82, 2.24) is 0 Å². The molecule has 0 fully saturated rings. The summed E-state index contributed by atoms with van der Waals surface area (Å²) in [6.07, 6.45) is 0. The number of ketones is 1. The van der Waals surface area contributed by atoms with Crippen LogP contribution in [0.5, 0.6) is 0 Å². The van der Waals surface area contributed by atoms with Crippen LogP contribution in [0.15, 0.2) is 42.5 Å². The molecule has 0 N–H and O–H groups in total. The van der Waals surface area contributed by atoms with Crippen molar-refractivity contribution < 1.29 is 4.79 Å². The minimum atomic E-state index is -0.101. The fourth-order valence-corrected chi connectivity index (χ4v) is 2.02. The highest BCUT2D eigenvalue weighted by molar-refractivity contribution is 6.35. The first kappa shape index (κ1) is 12.2. The van der Waals surface area contributed by atoms with Crippen LogP contribution >= 0.6 is 23.2 Å². The van der Waals surface area contributed by atoms with Crippen molar-refractivity contribution in [2.45, 2.75) is 6.92 Å². The molecule has 2 rings (SSSR count). The van der Waals surface area contributed by atoms with Gasteiger partial charge in [-0.2, -0.15) is 0 Å². The summed E-state index contributed by atoms with van der Waals surface area (Å²) in [7, 11) is 0. The average Bonchev–Trinajstić information content (AvgIpc) is 2.32. The van der Waals surface area contributed by atoms with Crippen LogP contribution in [0.1, 0.15) is 21.5 Å². The number of benzene rings is 2. The third-order valence-electron chi connectivity index (χ3n) is 2.56. The molecule has 1 nitrogen and oxygen atoms in total. The standard InChI is InChI=1S/C14H10Cl2O/c1-9-6-7-10(15)8-12(9)14(17)11-4-2-3-5-13(11)16/h2-8H,1H3. The molecule has 17 heavy (non-hydrogen) atoms. The summed E-state index contributed by atoms with van der Waals surface area (Å²) in [6, 6.07) is 12.3. The summed E-state index contributed by atoms with van der Waals surface area (Å²) < 4.78 is 0. The molecule has 0 bridgehead atoms. The molecule has 3 heteroatoms. The zero-order valence-electron chi connectivity index (χ0n) is 9.21. The molecule has 0 aliphatic carbocycles. The summed E-state index contributed by atoms with van der Waals surface area (Å²) in [5.41, 5.74) is 1.98. The topological polar surface area (TPSA) is 17.1 Å². The van der Waals surface area contributed by atoms with E-state index in [2.05, 4.69) is 0 Å². The van der Waals surface area contributed by atoms with Gasteiger partial charge in [0.25, 0.3) is 0 Å². The van der Waals surface area contributed by atoms with E-state index in [-0.39, 0.29) is 5.78 Å². The molecule has 86 valence electrons. The van der Waals surface area contributed by atoms with Crippen LogP contribution in [0.25, 0.3) is 0 Å². The molecule has 0 spiro atoms. The van der Waals surface area contributed by atoms with Crippen LogP contribution in [0.3, 0.4) is 0 Å². The Balaban J connectivity index is 2.51. The third kappa shape index (κ3) is 2.51. The van der Waals surface area contributed by atoms with Crippen molar-refractivity contribution in [2.24, 2.45) is 0 Å². The highest BCUT2D eigenvalue weighted by Crippen LogP contribution is 2.23. The lowest BCUT2D eigenvalue weighted by molar-refractivity contribution is 0.103. The van der Waals surface area contributed by atoms with E-state index in [9.17, 15) is 4.79 Å². The summed E-state index contributed by atoms with van der Waals surface area (Å²) in [6.45, 7) is 1.88. The van der Waals surface area contributed by atoms with Crippen LogP contribution in [-0.4, -0.2) is 5.78 Å². The summed E-state index contributed by atoms with van der Waals surface area (Å²) >= 11 is 11.9. The van der Waals surface area contributed by atoms with Gasteiger partial charge in [-0.25, -0.2) is 0 Å². The average molecular weight is 265 g/mol. The van der Waals surface area contributed by atoms with Gasteiger partial charge in [0.05, 0.1) is 5.02 Å². The van der Waals surface area contributed by atoms with E-state index in [0.29, 0.717) is 21.2 Å². The van der Waals surface area contributed by atoms with E-state index in [0.717, 1.165) is 5.56 Å². The molecule has 0 unspecified atom stereocenters. The second-order valence-electron chi connectivity index (χ2n) is 3.77. The first-order valence-electron chi connectivity index (χ1n) is 5.15. The Bertz CT molecular complexity index is 576. The molecule has 0 saturated heterocycles. The zero-order valence-corrected chi connectivity index (χ0v) is 10.7. The van der Waals surface area contributed by atoms with Crippen LogP contribution in [-0.2, 0) is 0 Å². The molecular formula is C14H10Cl2O. The summed E-state index contributed by atoms with van der Waals surface area (Å²) in [4.78, 5) is 12.3. The van der Waals surface area contributed by atoms with Gasteiger partial charge < -0.3 is 0 Å². The first-order chi connectivity index (χ1) is 8.09. The van der Waals surface area contributed by atoms with E-state index in [1.54, 1.807) is 36.4 Å². The molecule has 2 aromatic rings. The Morgan fingerprint density at radius 1 is 1.00 bits per heavy atom. The van der Waals surface area contributed by atoms with Crippen LogP contribution in [0.4, 0.5) is 0 Å². The van der Waals surface area contributed by atoms with Gasteiger partial charge in [-0.3, -0.25) is 4.79 Å². The summed E-state index contributed by atoms with van der Waals surface area (Å²) in [5, 5.41) is 1.00. The predicted octanol–water partition coefficient (Wildman–Crippen LogP) is 4.53. The zero-order chi connectivity index (χ0) is 12.4. The Labute approximate surface area is 110 Å². The van der Waals surface area contributed by atoms with E-state index in [1.807, 2.05) is 13.0 Å². The highest BCUT2D eigenvalue weighted by atomic mass is 35.5. The van der Waals surface area contributed by atoms with Gasteiger partial charge in [-0.15, -0.1) is 0 Å². The molecule has 0 atom stereocenters. The van der Waals surface area contributed by atoms with Crippen LogP contribution < -0.4 is 0 Å². The fraction of sp³-hybridized carbons (Fsp3) is 0.0714. The molecule has 2 aromatic carbocycles. The van der Waals surface area contributed by atoms with E-state index in [1.165, 1.54) is 0 Å². The van der Waals surface area contributed by atoms with Gasteiger partial charge in [-0.1, -0.05) is 41.4 Å². The molecular weight excluding hydrogens is 255 g/mol. The number of aryl methyl sites for hydroxylation is 1. The van der Waals surface area contributed by atoms with E-state index >= 15 is 0 Å². The van der Waals surface area contributed by atoms with Gasteiger partial charge >= 0.3 is 0 Å². The fourth-order valence-electron chi connectivity index (χ4n) is 1.63. The molecule has 0 aliphatic heterocycles. The first-order valence-corrected chi connectivity index (χ1v) is 5.90. The largest absolute Gasteiger partial charge is 0.289 e. The molecule has 0 saturated carbocycles. The molecule has 0 amide bonds. The Kier molecular flexibility index (Phi) is 3.51. The quantitative estimate of drug-likeness (QED) is 0.729. The predicted molar refractivity (Wildman–Crippen MR) is 71.1 cm³/mol. The highest BCUT2D eigenvalue weighted by Gasteiger charge is 2.14. The van der Waals surface area contributed by atoms with E-state index in [4.69, 9.17) is 23.2 Å². The maximum atomic E-state index is 12.3. The van der Waals surface area contributed by atoms with Gasteiger partial charge in [0, 0.05) is 16.1 Å². The molecule has 0 aromatic heterocycles. The monoisotopic (exact) mass is 264 g/mol. The number of carbonyl (C=O) groups is 1. The SMILES string of the molecule is Cc1ccc(Cl)cc1C(=O)c1ccccc1Cl. The number of carbonyl (C=O) groups excluding carboxylic acids is 1. The van der Waals surface area contributed by atoms with Gasteiger partial charge in [0.1, 0.15) is 0 Å². The molecule has 0 aliphatic rings. The van der Waals surface area contributed by atoms with Gasteiger partial charge in [0.15, 0.2) is 5.78 Å². The second kappa shape index (κ2) is 4.91. The number of hydrogen-bond acceptors (Lipinski definition) is 1. The minimum Gasteiger partial charge on any atom is -0.289 e. The maximum absolute atomic E-state index is 12.3. The lowest BCUT2D eigenvalue weighted by Gasteiger charge is -2.07. The molecule has 0 heterocycles. The van der Waals surface area contributed by atoms with Crippen LogP contribution in [0.2, 0.25) is 10.0 Å². The lowest BCUT2D eigenvalue weighted by Crippen LogP contribution is -2.04. The van der Waals surface area contributed by atoms with Crippen LogP contribution in [0, 0.1) is 6.92 Å². The van der Waals surface area contributed by atoms with Gasteiger partial charge in [-0.05, 0) is 36.8 Å². The van der Waals surface area contributed by atoms with Crippen molar-refractivity contribution in [1.29, 1.82) is 0 Å². The van der Waals surface area contributed by atoms with Crippen molar-refractivity contribution in [2.75, 3.05) is 0 Å². The van der Waals surface area contributed by atoms with E-state index < -0.39 is 0 Å². The smallest absolute Gasteiger partial charge is 0.194 e. The third-order valence-corrected chi connectivity index (χ3v) is 3.13. The Morgan fingerprint density at radius 3 is 2.41 bits per heavy atom. The lowest BCUT2D eigenvalue weighted by atomic mass is 9.99. The van der Waals surface area contributed by atoms with Crippen molar-refractivity contribution in [3.8, 4) is 0 Å². The Hall–Kier alpha value is -1.31. The normalized spacial score (nSPS) is 10.3. The number of hydrogen-bond donors (Lipinski definition) is 0.